The lowest BCUT2D eigenvalue weighted by Gasteiger charge is -2.02. The molecule has 2 aromatic carbocycles. The summed E-state index contributed by atoms with van der Waals surface area (Å²) in [5, 5.41) is 18.2. The van der Waals surface area contributed by atoms with Crippen molar-refractivity contribution in [2.75, 3.05) is 6.61 Å². The molecule has 1 heterocycles. The van der Waals surface area contributed by atoms with Crippen LogP contribution < -0.4 is 9.54 Å². The minimum atomic E-state index is 0.166. The van der Waals surface area contributed by atoms with Crippen LogP contribution in [0.15, 0.2) is 51.1 Å². The second-order valence-electron chi connectivity index (χ2n) is 5.05. The molecule has 0 radical (unpaired) electrons. The number of phenolic OH excluding ortho intramolecular Hbond substituents is 1. The van der Waals surface area contributed by atoms with Crippen LogP contribution >= 0.6 is 27.3 Å². The summed E-state index contributed by atoms with van der Waals surface area (Å²) in [6.45, 7) is 2.60. The van der Waals surface area contributed by atoms with Gasteiger partial charge in [-0.25, -0.2) is 0 Å². The third-order valence-corrected chi connectivity index (χ3v) is 5.00. The van der Waals surface area contributed by atoms with E-state index in [1.807, 2.05) is 36.7 Å². The molecule has 0 atom stereocenters. The highest BCUT2D eigenvalue weighted by Crippen LogP contribution is 2.23. The van der Waals surface area contributed by atoms with Crippen LogP contribution in [0, 0.1) is 0 Å². The van der Waals surface area contributed by atoms with Crippen LogP contribution in [0.1, 0.15) is 12.5 Å². The van der Waals surface area contributed by atoms with Crippen LogP contribution in [0.4, 0.5) is 0 Å². The third kappa shape index (κ3) is 3.52. The van der Waals surface area contributed by atoms with E-state index < -0.39 is 0 Å². The van der Waals surface area contributed by atoms with Gasteiger partial charge in [-0.1, -0.05) is 27.3 Å². The van der Waals surface area contributed by atoms with Gasteiger partial charge in [-0.3, -0.25) is 0 Å². The van der Waals surface area contributed by atoms with E-state index in [2.05, 4.69) is 26.1 Å². The molecule has 3 aromatic rings. The van der Waals surface area contributed by atoms with Crippen LogP contribution in [0.5, 0.6) is 11.5 Å². The monoisotopic (exact) mass is 405 g/mol. The Morgan fingerprint density at radius 1 is 1.29 bits per heavy atom. The molecule has 0 spiro atoms. The Labute approximate surface area is 151 Å². The van der Waals surface area contributed by atoms with E-state index in [0.29, 0.717) is 12.2 Å². The molecule has 0 aliphatic rings. The molecule has 0 amide bonds. The molecule has 7 heteroatoms. The van der Waals surface area contributed by atoms with E-state index in [1.165, 1.54) is 17.6 Å². The molecule has 0 unspecified atom stereocenters. The van der Waals surface area contributed by atoms with Crippen LogP contribution in [0.25, 0.3) is 10.2 Å². The Bertz CT molecular complexity index is 976. The normalized spacial score (nSPS) is 12.4. The second kappa shape index (κ2) is 7.19. The molecule has 0 aliphatic heterocycles. The molecular weight excluding hydrogens is 390 g/mol. The van der Waals surface area contributed by atoms with Gasteiger partial charge < -0.3 is 14.4 Å². The van der Waals surface area contributed by atoms with Crippen LogP contribution in [0.2, 0.25) is 0 Å². The Kier molecular flexibility index (Phi) is 5.01. The van der Waals surface area contributed by atoms with Crippen molar-refractivity contribution >= 4 is 43.7 Å². The first-order valence-corrected chi connectivity index (χ1v) is 8.97. The molecule has 0 fully saturated rings. The smallest absolute Gasteiger partial charge is 0.211 e. The SMILES string of the molecule is CCOc1ccc2c(c1)s/c(=N/N=C\c1cc(Br)ccc1O)n2C. The number of fused-ring (bicyclic) bond motifs is 1. The quantitative estimate of drug-likeness (QED) is 0.525. The van der Waals surface area contributed by atoms with Gasteiger partial charge in [0.15, 0.2) is 0 Å². The number of benzene rings is 2. The van der Waals surface area contributed by atoms with Crippen LogP contribution in [-0.4, -0.2) is 22.5 Å². The number of aromatic hydroxyl groups is 1. The number of phenols is 1. The van der Waals surface area contributed by atoms with Crippen molar-refractivity contribution in [2.24, 2.45) is 17.3 Å². The second-order valence-corrected chi connectivity index (χ2v) is 6.98. The summed E-state index contributed by atoms with van der Waals surface area (Å²) < 4.78 is 9.47. The van der Waals surface area contributed by atoms with Crippen molar-refractivity contribution in [2.45, 2.75) is 6.92 Å². The van der Waals surface area contributed by atoms with Gasteiger partial charge in [0, 0.05) is 17.1 Å². The van der Waals surface area contributed by atoms with Crippen LogP contribution in [0.3, 0.4) is 0 Å². The topological polar surface area (TPSA) is 59.1 Å². The summed E-state index contributed by atoms with van der Waals surface area (Å²) in [6.07, 6.45) is 1.54. The van der Waals surface area contributed by atoms with Gasteiger partial charge >= 0.3 is 0 Å². The van der Waals surface area contributed by atoms with Gasteiger partial charge in [0.2, 0.25) is 4.80 Å². The maximum absolute atomic E-state index is 9.81. The number of rotatable bonds is 4. The highest BCUT2D eigenvalue weighted by molar-refractivity contribution is 9.10. The Morgan fingerprint density at radius 3 is 2.92 bits per heavy atom. The van der Waals surface area contributed by atoms with Crippen molar-refractivity contribution in [3.63, 3.8) is 0 Å². The molecule has 0 bridgehead atoms. The number of hydrogen-bond donors (Lipinski definition) is 1. The average Bonchev–Trinajstić information content (AvgIpc) is 2.87. The zero-order valence-electron chi connectivity index (χ0n) is 13.2. The first-order valence-electron chi connectivity index (χ1n) is 7.36. The molecule has 5 nitrogen and oxygen atoms in total. The number of hydrogen-bond acceptors (Lipinski definition) is 5. The molecule has 124 valence electrons. The predicted molar refractivity (Wildman–Crippen MR) is 101 cm³/mol. The fraction of sp³-hybridized carbons (Fsp3) is 0.176. The maximum atomic E-state index is 9.81. The van der Waals surface area contributed by atoms with Crippen molar-refractivity contribution in [1.29, 1.82) is 0 Å². The average molecular weight is 406 g/mol. The minimum Gasteiger partial charge on any atom is -0.507 e. The molecule has 1 N–H and O–H groups in total. The number of thiazole rings is 1. The first kappa shape index (κ1) is 16.7. The number of aromatic nitrogens is 1. The van der Waals surface area contributed by atoms with Crippen molar-refractivity contribution in [3.8, 4) is 11.5 Å². The number of nitrogens with zero attached hydrogens (tertiary/aromatic N) is 3. The number of ether oxygens (including phenoxy) is 1. The Hall–Kier alpha value is -2.12. The third-order valence-electron chi connectivity index (χ3n) is 3.42. The lowest BCUT2D eigenvalue weighted by Crippen LogP contribution is -2.08. The predicted octanol–water partition coefficient (Wildman–Crippen LogP) is 4.04. The van der Waals surface area contributed by atoms with E-state index >= 15 is 0 Å². The summed E-state index contributed by atoms with van der Waals surface area (Å²) in [5.74, 6) is 1.01. The fourth-order valence-corrected chi connectivity index (χ4v) is 3.62. The largest absolute Gasteiger partial charge is 0.507 e. The summed E-state index contributed by atoms with van der Waals surface area (Å²) >= 11 is 4.91. The summed E-state index contributed by atoms with van der Waals surface area (Å²) in [7, 11) is 1.95. The summed E-state index contributed by atoms with van der Waals surface area (Å²) in [4.78, 5) is 0.768. The Balaban J connectivity index is 1.96. The first-order chi connectivity index (χ1) is 11.6. The van der Waals surface area contributed by atoms with Crippen molar-refractivity contribution in [1.82, 2.24) is 4.57 Å². The Morgan fingerprint density at radius 2 is 2.12 bits per heavy atom. The number of aryl methyl sites for hydroxylation is 1. The van der Waals surface area contributed by atoms with Gasteiger partial charge in [0.05, 0.1) is 23.0 Å². The molecule has 0 saturated carbocycles. The fourth-order valence-electron chi connectivity index (χ4n) is 2.24. The van der Waals surface area contributed by atoms with Gasteiger partial charge in [0.1, 0.15) is 11.5 Å². The summed E-state index contributed by atoms with van der Waals surface area (Å²) in [5.41, 5.74) is 1.68. The molecule has 24 heavy (non-hydrogen) atoms. The van der Waals surface area contributed by atoms with Crippen molar-refractivity contribution in [3.05, 3.63) is 51.2 Å². The zero-order chi connectivity index (χ0) is 17.1. The highest BCUT2D eigenvalue weighted by atomic mass is 79.9. The molecule has 0 saturated heterocycles. The maximum Gasteiger partial charge on any atom is 0.211 e. The van der Waals surface area contributed by atoms with Gasteiger partial charge in [-0.15, -0.1) is 5.10 Å². The van der Waals surface area contributed by atoms with Crippen LogP contribution in [-0.2, 0) is 7.05 Å². The van der Waals surface area contributed by atoms with E-state index in [-0.39, 0.29) is 5.75 Å². The van der Waals surface area contributed by atoms with Crippen molar-refractivity contribution < 1.29 is 9.84 Å². The number of halogens is 1. The van der Waals surface area contributed by atoms with E-state index in [1.54, 1.807) is 18.2 Å². The van der Waals surface area contributed by atoms with E-state index in [9.17, 15) is 5.11 Å². The molecule has 3 rings (SSSR count). The molecule has 1 aromatic heterocycles. The molecule has 0 aliphatic carbocycles. The zero-order valence-corrected chi connectivity index (χ0v) is 15.6. The molecular formula is C17H16BrN3O2S. The van der Waals surface area contributed by atoms with Gasteiger partial charge in [0.25, 0.3) is 0 Å². The standard InChI is InChI=1S/C17H16BrN3O2S/c1-3-23-13-5-6-14-16(9-13)24-17(21(14)2)20-19-10-11-8-12(18)4-7-15(11)22/h4-10,22H,3H2,1-2H3/b19-10-,20-17+. The van der Waals surface area contributed by atoms with Gasteiger partial charge in [-0.05, 0) is 43.3 Å². The minimum absolute atomic E-state index is 0.166. The van der Waals surface area contributed by atoms with E-state index in [4.69, 9.17) is 4.74 Å². The summed E-state index contributed by atoms with van der Waals surface area (Å²) in [6, 6.07) is 11.1. The lowest BCUT2D eigenvalue weighted by molar-refractivity contribution is 0.341. The highest BCUT2D eigenvalue weighted by Gasteiger charge is 2.04. The van der Waals surface area contributed by atoms with Gasteiger partial charge in [-0.2, -0.15) is 5.10 Å². The van der Waals surface area contributed by atoms with E-state index in [0.717, 1.165) is 25.2 Å². The lowest BCUT2D eigenvalue weighted by atomic mass is 10.2.